The molecule has 4 heteroatoms. The summed E-state index contributed by atoms with van der Waals surface area (Å²) in [6.07, 6.45) is 2.38. The third-order valence-corrected chi connectivity index (χ3v) is 2.57. The molecule has 0 aromatic carbocycles. The van der Waals surface area contributed by atoms with Gasteiger partial charge in [0.15, 0.2) is 5.78 Å². The summed E-state index contributed by atoms with van der Waals surface area (Å²) < 4.78 is 5.17. The fourth-order valence-corrected chi connectivity index (χ4v) is 1.83. The molecule has 1 N–H and O–H groups in total. The number of furan rings is 1. The predicted molar refractivity (Wildman–Crippen MR) is 47.2 cm³/mol. The van der Waals surface area contributed by atoms with Crippen LogP contribution in [0.15, 0.2) is 10.7 Å². The molecule has 0 fully saturated rings. The Morgan fingerprint density at radius 2 is 2.36 bits per heavy atom. The molecule has 74 valence electrons. The van der Waals surface area contributed by atoms with Gasteiger partial charge in [-0.15, -0.1) is 0 Å². The first-order chi connectivity index (χ1) is 6.61. The van der Waals surface area contributed by atoms with Crippen LogP contribution in [-0.4, -0.2) is 16.9 Å². The highest BCUT2D eigenvalue weighted by molar-refractivity contribution is 6.10. The molecule has 1 heterocycles. The van der Waals surface area contributed by atoms with Crippen molar-refractivity contribution in [1.29, 1.82) is 0 Å². The Bertz CT molecular complexity index is 402. The van der Waals surface area contributed by atoms with Gasteiger partial charge in [-0.3, -0.25) is 9.59 Å². The molecule has 0 amide bonds. The summed E-state index contributed by atoms with van der Waals surface area (Å²) in [4.78, 5) is 22.5. The molecule has 0 radical (unpaired) electrons. The lowest BCUT2D eigenvalue weighted by molar-refractivity contribution is -0.140. The number of hydrogen-bond acceptors (Lipinski definition) is 3. The number of carbonyl (C=O) groups excluding carboxylic acids is 1. The molecule has 1 aliphatic rings. The Kier molecular flexibility index (Phi) is 1.91. The summed E-state index contributed by atoms with van der Waals surface area (Å²) in [6.45, 7) is 1.75. The minimum atomic E-state index is -1.04. The molecular formula is C10H10O4. The van der Waals surface area contributed by atoms with E-state index in [4.69, 9.17) is 9.52 Å². The lowest BCUT2D eigenvalue weighted by Crippen LogP contribution is -2.28. The average Bonchev–Trinajstić information content (AvgIpc) is 2.48. The Morgan fingerprint density at radius 3 is 3.00 bits per heavy atom. The van der Waals surface area contributed by atoms with E-state index in [-0.39, 0.29) is 5.78 Å². The Morgan fingerprint density at radius 1 is 1.64 bits per heavy atom. The van der Waals surface area contributed by atoms with Gasteiger partial charge >= 0.3 is 5.97 Å². The molecule has 1 aromatic heterocycles. The van der Waals surface area contributed by atoms with Crippen molar-refractivity contribution in [2.75, 3.05) is 0 Å². The summed E-state index contributed by atoms with van der Waals surface area (Å²) in [7, 11) is 0. The topological polar surface area (TPSA) is 67.5 Å². The fraction of sp³-hybridized carbons (Fsp3) is 0.400. The quantitative estimate of drug-likeness (QED) is 0.686. The zero-order valence-electron chi connectivity index (χ0n) is 7.74. The summed E-state index contributed by atoms with van der Waals surface area (Å²) in [5.74, 6) is -1.62. The highest BCUT2D eigenvalue weighted by Gasteiger charge is 2.35. The number of carboxylic acid groups (broad SMARTS) is 1. The highest BCUT2D eigenvalue weighted by Crippen LogP contribution is 2.29. The maximum atomic E-state index is 11.7. The number of fused-ring (bicyclic) bond motifs is 1. The van der Waals surface area contributed by atoms with Crippen molar-refractivity contribution in [2.24, 2.45) is 5.92 Å². The van der Waals surface area contributed by atoms with E-state index in [9.17, 15) is 9.59 Å². The van der Waals surface area contributed by atoms with Gasteiger partial charge in [0, 0.05) is 6.42 Å². The van der Waals surface area contributed by atoms with Gasteiger partial charge in [0.2, 0.25) is 0 Å². The number of aryl methyl sites for hydroxylation is 2. The van der Waals surface area contributed by atoms with Crippen molar-refractivity contribution in [3.63, 3.8) is 0 Å². The van der Waals surface area contributed by atoms with Crippen molar-refractivity contribution in [2.45, 2.75) is 19.8 Å². The molecule has 14 heavy (non-hydrogen) atoms. The first-order valence-corrected chi connectivity index (χ1v) is 4.45. The number of aliphatic carboxylic acids is 1. The second-order valence-corrected chi connectivity index (χ2v) is 3.51. The standard InChI is InChI=1S/C10H10O4/c1-5-4-14-7-3-2-6(10(12)13)9(11)8(5)7/h4,6H,2-3H2,1H3,(H,12,13). The van der Waals surface area contributed by atoms with Gasteiger partial charge < -0.3 is 9.52 Å². The Hall–Kier alpha value is -1.58. The SMILES string of the molecule is Cc1coc2c1C(=O)C(C(=O)O)CC2. The summed E-state index contributed by atoms with van der Waals surface area (Å²) in [6, 6.07) is 0. The fourth-order valence-electron chi connectivity index (χ4n) is 1.83. The van der Waals surface area contributed by atoms with E-state index in [0.29, 0.717) is 24.2 Å². The molecule has 0 saturated carbocycles. The maximum absolute atomic E-state index is 11.7. The van der Waals surface area contributed by atoms with Crippen molar-refractivity contribution in [3.05, 3.63) is 23.2 Å². The minimum absolute atomic E-state index is 0.315. The largest absolute Gasteiger partial charge is 0.481 e. The van der Waals surface area contributed by atoms with Gasteiger partial charge in [-0.05, 0) is 18.9 Å². The van der Waals surface area contributed by atoms with E-state index in [0.717, 1.165) is 5.56 Å². The second-order valence-electron chi connectivity index (χ2n) is 3.51. The van der Waals surface area contributed by atoms with Crippen molar-refractivity contribution >= 4 is 11.8 Å². The highest BCUT2D eigenvalue weighted by atomic mass is 16.4. The van der Waals surface area contributed by atoms with Crippen LogP contribution in [0, 0.1) is 12.8 Å². The molecule has 0 aliphatic heterocycles. The minimum Gasteiger partial charge on any atom is -0.481 e. The second kappa shape index (κ2) is 2.97. The number of Topliss-reactive ketones (excluding diaryl/α,β-unsaturated/α-hetero) is 1. The van der Waals surface area contributed by atoms with E-state index in [1.54, 1.807) is 6.92 Å². The van der Waals surface area contributed by atoms with Crippen LogP contribution in [0.3, 0.4) is 0 Å². The third-order valence-electron chi connectivity index (χ3n) is 2.57. The number of ketones is 1. The van der Waals surface area contributed by atoms with Crippen LogP contribution in [0.1, 0.15) is 28.1 Å². The van der Waals surface area contributed by atoms with Gasteiger partial charge in [-0.2, -0.15) is 0 Å². The number of hydrogen-bond donors (Lipinski definition) is 1. The van der Waals surface area contributed by atoms with Crippen LogP contribution >= 0.6 is 0 Å². The van der Waals surface area contributed by atoms with Crippen LogP contribution in [0.25, 0.3) is 0 Å². The van der Waals surface area contributed by atoms with E-state index in [1.807, 2.05) is 0 Å². The molecule has 0 spiro atoms. The van der Waals surface area contributed by atoms with Gasteiger partial charge in [0.1, 0.15) is 11.7 Å². The molecule has 4 nitrogen and oxygen atoms in total. The van der Waals surface area contributed by atoms with Crippen LogP contribution < -0.4 is 0 Å². The summed E-state index contributed by atoms with van der Waals surface area (Å²) in [5.41, 5.74) is 1.21. The van der Waals surface area contributed by atoms with Gasteiger partial charge in [0.05, 0.1) is 11.8 Å². The Balaban J connectivity index is 2.44. The monoisotopic (exact) mass is 194 g/mol. The van der Waals surface area contributed by atoms with Crippen molar-refractivity contribution in [1.82, 2.24) is 0 Å². The molecular weight excluding hydrogens is 184 g/mol. The normalized spacial score (nSPS) is 20.6. The summed E-state index contributed by atoms with van der Waals surface area (Å²) in [5, 5.41) is 8.81. The van der Waals surface area contributed by atoms with E-state index < -0.39 is 11.9 Å². The van der Waals surface area contributed by atoms with E-state index >= 15 is 0 Å². The maximum Gasteiger partial charge on any atom is 0.314 e. The molecule has 0 bridgehead atoms. The molecule has 1 aliphatic carbocycles. The van der Waals surface area contributed by atoms with E-state index in [1.165, 1.54) is 6.26 Å². The lowest BCUT2D eigenvalue weighted by atomic mass is 9.85. The Labute approximate surface area is 80.5 Å². The van der Waals surface area contributed by atoms with Crippen molar-refractivity contribution < 1.29 is 19.1 Å². The lowest BCUT2D eigenvalue weighted by Gasteiger charge is -2.16. The number of carbonyl (C=O) groups is 2. The number of rotatable bonds is 1. The zero-order chi connectivity index (χ0) is 10.3. The molecule has 1 aromatic rings. The first kappa shape index (κ1) is 8.99. The molecule has 1 atom stereocenters. The average molecular weight is 194 g/mol. The number of carboxylic acids is 1. The predicted octanol–water partition coefficient (Wildman–Crippen LogP) is 1.42. The van der Waals surface area contributed by atoms with Gasteiger partial charge in [0.25, 0.3) is 0 Å². The summed E-state index contributed by atoms with van der Waals surface area (Å²) >= 11 is 0. The third kappa shape index (κ3) is 1.14. The van der Waals surface area contributed by atoms with E-state index in [2.05, 4.69) is 0 Å². The van der Waals surface area contributed by atoms with Crippen LogP contribution in [-0.2, 0) is 11.2 Å². The van der Waals surface area contributed by atoms with Crippen LogP contribution in [0.4, 0.5) is 0 Å². The molecule has 0 saturated heterocycles. The van der Waals surface area contributed by atoms with Gasteiger partial charge in [-0.1, -0.05) is 0 Å². The smallest absolute Gasteiger partial charge is 0.314 e. The first-order valence-electron chi connectivity index (χ1n) is 4.45. The van der Waals surface area contributed by atoms with Crippen molar-refractivity contribution in [3.8, 4) is 0 Å². The van der Waals surface area contributed by atoms with Crippen LogP contribution in [0.2, 0.25) is 0 Å². The van der Waals surface area contributed by atoms with Gasteiger partial charge in [-0.25, -0.2) is 0 Å². The zero-order valence-corrected chi connectivity index (χ0v) is 7.74. The molecule has 2 rings (SSSR count). The molecule has 1 unspecified atom stereocenters. The van der Waals surface area contributed by atoms with Crippen LogP contribution in [0.5, 0.6) is 0 Å².